The lowest BCUT2D eigenvalue weighted by molar-refractivity contribution is 0.0836. The van der Waals surface area contributed by atoms with Gasteiger partial charge in [0.15, 0.2) is 0 Å². The van der Waals surface area contributed by atoms with Crippen LogP contribution >= 0.6 is 0 Å². The van der Waals surface area contributed by atoms with Crippen molar-refractivity contribution < 1.29 is 4.74 Å². The Labute approximate surface area is 98.6 Å². The number of benzene rings is 1. The van der Waals surface area contributed by atoms with Crippen molar-refractivity contribution in [3.05, 3.63) is 40.4 Å². The Morgan fingerprint density at radius 3 is 2.82 bits per heavy atom. The fraction of sp³-hybridized carbons (Fsp3) is 0.385. The number of H-pyrrole nitrogens is 1. The van der Waals surface area contributed by atoms with Gasteiger partial charge < -0.3 is 9.72 Å². The molecular weight excluding hydrogens is 216 g/mol. The molecule has 1 aliphatic rings. The van der Waals surface area contributed by atoms with Crippen molar-refractivity contribution in [2.75, 3.05) is 13.2 Å². The molecule has 1 aliphatic heterocycles. The van der Waals surface area contributed by atoms with Crippen molar-refractivity contribution in [2.24, 2.45) is 0 Å². The summed E-state index contributed by atoms with van der Waals surface area (Å²) in [7, 11) is 0. The molecule has 0 saturated carbocycles. The van der Waals surface area contributed by atoms with Crippen LogP contribution < -0.4 is 5.56 Å². The highest BCUT2D eigenvalue weighted by atomic mass is 16.5. The normalized spacial score (nSPS) is 17.4. The van der Waals surface area contributed by atoms with Gasteiger partial charge in [-0.05, 0) is 25.0 Å². The minimum Gasteiger partial charge on any atom is -0.381 e. The van der Waals surface area contributed by atoms with Gasteiger partial charge in [0.2, 0.25) is 0 Å². The van der Waals surface area contributed by atoms with Crippen LogP contribution in [0.1, 0.15) is 24.6 Å². The summed E-state index contributed by atoms with van der Waals surface area (Å²) in [5.74, 6) is 1.12. The van der Waals surface area contributed by atoms with Crippen LogP contribution in [0.2, 0.25) is 0 Å². The quantitative estimate of drug-likeness (QED) is 0.813. The SMILES string of the molecule is O=c1[nH]c(C2CCOCC2)nc2ccccc12. The Bertz CT molecular complexity index is 585. The Morgan fingerprint density at radius 2 is 2.00 bits per heavy atom. The van der Waals surface area contributed by atoms with Gasteiger partial charge in [-0.3, -0.25) is 4.79 Å². The highest BCUT2D eigenvalue weighted by Gasteiger charge is 2.18. The summed E-state index contributed by atoms with van der Waals surface area (Å²) in [6.07, 6.45) is 1.86. The minimum absolute atomic E-state index is 0.0444. The molecular formula is C13H14N2O2. The van der Waals surface area contributed by atoms with Gasteiger partial charge in [0.1, 0.15) is 5.82 Å². The Morgan fingerprint density at radius 1 is 1.24 bits per heavy atom. The van der Waals surface area contributed by atoms with Crippen LogP contribution in [0.3, 0.4) is 0 Å². The van der Waals surface area contributed by atoms with Crippen molar-refractivity contribution in [1.82, 2.24) is 9.97 Å². The van der Waals surface area contributed by atoms with Gasteiger partial charge >= 0.3 is 0 Å². The summed E-state index contributed by atoms with van der Waals surface area (Å²) >= 11 is 0. The van der Waals surface area contributed by atoms with E-state index in [0.717, 1.165) is 37.4 Å². The molecule has 3 rings (SSSR count). The number of hydrogen-bond acceptors (Lipinski definition) is 3. The molecule has 0 atom stereocenters. The summed E-state index contributed by atoms with van der Waals surface area (Å²) < 4.78 is 5.32. The number of ether oxygens (including phenoxy) is 1. The molecule has 0 bridgehead atoms. The third kappa shape index (κ3) is 1.96. The number of fused-ring (bicyclic) bond motifs is 1. The molecule has 0 amide bonds. The van der Waals surface area contributed by atoms with Crippen molar-refractivity contribution in [3.63, 3.8) is 0 Å². The van der Waals surface area contributed by atoms with Gasteiger partial charge in [-0.15, -0.1) is 0 Å². The number of aromatic amines is 1. The molecule has 0 spiro atoms. The first-order valence-corrected chi connectivity index (χ1v) is 5.91. The van der Waals surface area contributed by atoms with Crippen molar-refractivity contribution in [3.8, 4) is 0 Å². The number of aromatic nitrogens is 2. The zero-order valence-electron chi connectivity index (χ0n) is 9.48. The van der Waals surface area contributed by atoms with Crippen LogP contribution in [0, 0.1) is 0 Å². The van der Waals surface area contributed by atoms with Gasteiger partial charge in [0.05, 0.1) is 10.9 Å². The zero-order chi connectivity index (χ0) is 11.7. The molecule has 4 nitrogen and oxygen atoms in total. The highest BCUT2D eigenvalue weighted by molar-refractivity contribution is 5.77. The fourth-order valence-corrected chi connectivity index (χ4v) is 2.27. The Balaban J connectivity index is 2.08. The zero-order valence-corrected chi connectivity index (χ0v) is 9.48. The highest BCUT2D eigenvalue weighted by Crippen LogP contribution is 2.23. The van der Waals surface area contributed by atoms with E-state index in [9.17, 15) is 4.79 Å². The molecule has 2 heterocycles. The maximum absolute atomic E-state index is 11.9. The van der Waals surface area contributed by atoms with Gasteiger partial charge in [-0.25, -0.2) is 4.98 Å². The molecule has 0 aliphatic carbocycles. The molecule has 0 radical (unpaired) electrons. The summed E-state index contributed by atoms with van der Waals surface area (Å²) in [5, 5.41) is 0.656. The smallest absolute Gasteiger partial charge is 0.258 e. The van der Waals surface area contributed by atoms with E-state index in [1.807, 2.05) is 18.2 Å². The lowest BCUT2D eigenvalue weighted by Crippen LogP contribution is -2.20. The second-order valence-corrected chi connectivity index (χ2v) is 4.35. The van der Waals surface area contributed by atoms with E-state index in [1.54, 1.807) is 6.07 Å². The molecule has 0 unspecified atom stereocenters. The van der Waals surface area contributed by atoms with Crippen LogP contribution in [-0.2, 0) is 4.74 Å². The van der Waals surface area contributed by atoms with Crippen molar-refractivity contribution in [2.45, 2.75) is 18.8 Å². The molecule has 1 N–H and O–H groups in total. The van der Waals surface area contributed by atoms with Gasteiger partial charge in [0.25, 0.3) is 5.56 Å². The molecule has 4 heteroatoms. The average molecular weight is 230 g/mol. The minimum atomic E-state index is -0.0444. The van der Waals surface area contributed by atoms with E-state index in [2.05, 4.69) is 9.97 Å². The first-order chi connectivity index (χ1) is 8.34. The van der Waals surface area contributed by atoms with E-state index in [4.69, 9.17) is 4.74 Å². The van der Waals surface area contributed by atoms with E-state index in [1.165, 1.54) is 0 Å². The predicted molar refractivity (Wildman–Crippen MR) is 65.2 cm³/mol. The topological polar surface area (TPSA) is 55.0 Å². The molecule has 1 aromatic carbocycles. The van der Waals surface area contributed by atoms with Crippen molar-refractivity contribution >= 4 is 10.9 Å². The molecule has 2 aromatic rings. The Hall–Kier alpha value is -1.68. The molecule has 17 heavy (non-hydrogen) atoms. The second kappa shape index (κ2) is 4.30. The fourth-order valence-electron chi connectivity index (χ4n) is 2.27. The van der Waals surface area contributed by atoms with E-state index >= 15 is 0 Å². The molecule has 88 valence electrons. The third-order valence-corrected chi connectivity index (χ3v) is 3.24. The van der Waals surface area contributed by atoms with E-state index in [-0.39, 0.29) is 5.56 Å². The third-order valence-electron chi connectivity index (χ3n) is 3.24. The van der Waals surface area contributed by atoms with Crippen LogP contribution in [0.25, 0.3) is 10.9 Å². The second-order valence-electron chi connectivity index (χ2n) is 4.35. The number of rotatable bonds is 1. The van der Waals surface area contributed by atoms with Crippen molar-refractivity contribution in [1.29, 1.82) is 0 Å². The van der Waals surface area contributed by atoms with Crippen LogP contribution in [0.4, 0.5) is 0 Å². The first kappa shape index (κ1) is 10.5. The van der Waals surface area contributed by atoms with E-state index in [0.29, 0.717) is 11.3 Å². The molecule has 1 fully saturated rings. The van der Waals surface area contributed by atoms with Crippen LogP contribution in [0.15, 0.2) is 29.1 Å². The first-order valence-electron chi connectivity index (χ1n) is 5.91. The largest absolute Gasteiger partial charge is 0.381 e. The molecule has 1 aromatic heterocycles. The lowest BCUT2D eigenvalue weighted by atomic mass is 9.99. The monoisotopic (exact) mass is 230 g/mol. The molecule has 1 saturated heterocycles. The number of hydrogen-bond donors (Lipinski definition) is 1. The summed E-state index contributed by atoms with van der Waals surface area (Å²) in [4.78, 5) is 19.4. The number of nitrogens with one attached hydrogen (secondary N) is 1. The number of para-hydroxylation sites is 1. The van der Waals surface area contributed by atoms with Crippen LogP contribution in [-0.4, -0.2) is 23.2 Å². The maximum Gasteiger partial charge on any atom is 0.258 e. The van der Waals surface area contributed by atoms with Gasteiger partial charge in [0, 0.05) is 19.1 Å². The lowest BCUT2D eigenvalue weighted by Gasteiger charge is -2.21. The maximum atomic E-state index is 11.9. The van der Waals surface area contributed by atoms with Gasteiger partial charge in [-0.2, -0.15) is 0 Å². The average Bonchev–Trinajstić information content (AvgIpc) is 2.40. The summed E-state index contributed by atoms with van der Waals surface area (Å²) in [6, 6.07) is 7.44. The predicted octanol–water partition coefficient (Wildman–Crippen LogP) is 1.82. The number of nitrogens with zero attached hydrogens (tertiary/aromatic N) is 1. The van der Waals surface area contributed by atoms with Gasteiger partial charge in [-0.1, -0.05) is 12.1 Å². The summed E-state index contributed by atoms with van der Waals surface area (Å²) in [5.41, 5.74) is 0.731. The van der Waals surface area contributed by atoms with Crippen LogP contribution in [0.5, 0.6) is 0 Å². The Kier molecular flexibility index (Phi) is 2.65. The van der Waals surface area contributed by atoms with E-state index < -0.39 is 0 Å². The summed E-state index contributed by atoms with van der Waals surface area (Å²) in [6.45, 7) is 1.50. The standard InChI is InChI=1S/C13H14N2O2/c16-13-10-3-1-2-4-11(10)14-12(15-13)9-5-7-17-8-6-9/h1-4,9H,5-8H2,(H,14,15,16).